The topological polar surface area (TPSA) is 84.9 Å². The van der Waals surface area contributed by atoms with Gasteiger partial charge in [0, 0.05) is 25.2 Å². The zero-order chi connectivity index (χ0) is 17.9. The number of carbonyl (C=O) groups excluding carboxylic acids is 1. The first kappa shape index (κ1) is 17.9. The molecular weight excluding hydrogens is 322 g/mol. The average molecular weight is 347 g/mol. The number of benzene rings is 1. The molecule has 2 saturated heterocycles. The molecule has 136 valence electrons. The lowest BCUT2D eigenvalue weighted by atomic mass is 9.72. The highest BCUT2D eigenvalue weighted by Crippen LogP contribution is 2.36. The van der Waals surface area contributed by atoms with E-state index in [1.807, 2.05) is 12.1 Å². The minimum Gasteiger partial charge on any atom is -0.479 e. The van der Waals surface area contributed by atoms with Crippen molar-refractivity contribution in [2.75, 3.05) is 19.8 Å². The lowest BCUT2D eigenvalue weighted by molar-refractivity contribution is -0.151. The zero-order valence-electron chi connectivity index (χ0n) is 14.5. The van der Waals surface area contributed by atoms with Crippen LogP contribution in [0.15, 0.2) is 24.3 Å². The van der Waals surface area contributed by atoms with Crippen LogP contribution in [0.5, 0.6) is 0 Å². The number of nitrogens with one attached hydrogen (secondary N) is 1. The molecule has 2 N–H and O–H groups in total. The van der Waals surface area contributed by atoms with E-state index >= 15 is 0 Å². The van der Waals surface area contributed by atoms with Crippen molar-refractivity contribution in [2.45, 2.75) is 50.2 Å². The predicted octanol–water partition coefficient (Wildman–Crippen LogP) is 1.79. The van der Waals surface area contributed by atoms with E-state index in [-0.39, 0.29) is 11.3 Å². The first-order valence-corrected chi connectivity index (χ1v) is 8.82. The van der Waals surface area contributed by atoms with Crippen molar-refractivity contribution in [2.24, 2.45) is 0 Å². The van der Waals surface area contributed by atoms with Crippen LogP contribution in [0.1, 0.15) is 36.8 Å². The minimum atomic E-state index is -1.00. The first-order valence-electron chi connectivity index (χ1n) is 8.82. The van der Waals surface area contributed by atoms with Crippen LogP contribution >= 0.6 is 0 Å². The van der Waals surface area contributed by atoms with Crippen molar-refractivity contribution in [1.82, 2.24) is 5.32 Å². The van der Waals surface area contributed by atoms with Crippen LogP contribution in [0.25, 0.3) is 0 Å². The second-order valence-electron chi connectivity index (χ2n) is 6.95. The van der Waals surface area contributed by atoms with Crippen LogP contribution in [-0.4, -0.2) is 48.9 Å². The summed E-state index contributed by atoms with van der Waals surface area (Å²) in [7, 11) is 0. The fourth-order valence-electron chi connectivity index (χ4n) is 3.85. The predicted molar refractivity (Wildman–Crippen MR) is 91.5 cm³/mol. The van der Waals surface area contributed by atoms with Gasteiger partial charge in [-0.3, -0.25) is 4.79 Å². The molecule has 0 aliphatic carbocycles. The summed E-state index contributed by atoms with van der Waals surface area (Å²) in [6, 6.07) is 8.26. The Labute approximate surface area is 147 Å². The van der Waals surface area contributed by atoms with E-state index < -0.39 is 18.2 Å². The molecule has 0 radical (unpaired) electrons. The van der Waals surface area contributed by atoms with Gasteiger partial charge in [0.25, 0.3) is 0 Å². The Kier molecular flexibility index (Phi) is 5.39. The summed E-state index contributed by atoms with van der Waals surface area (Å²) < 4.78 is 10.9. The highest BCUT2D eigenvalue weighted by molar-refractivity contribution is 5.82. The molecule has 0 aromatic heterocycles. The Morgan fingerprint density at radius 3 is 2.52 bits per heavy atom. The molecule has 2 fully saturated rings. The monoisotopic (exact) mass is 347 g/mol. The number of hydrogen-bond acceptors (Lipinski definition) is 4. The minimum absolute atomic E-state index is 0.149. The number of ether oxygens (including phenoxy) is 2. The molecule has 0 spiro atoms. The van der Waals surface area contributed by atoms with Crippen LogP contribution in [0, 0.1) is 6.92 Å². The molecule has 0 bridgehead atoms. The van der Waals surface area contributed by atoms with Crippen molar-refractivity contribution in [1.29, 1.82) is 0 Å². The van der Waals surface area contributed by atoms with Crippen molar-refractivity contribution in [3.63, 3.8) is 0 Å². The maximum absolute atomic E-state index is 12.5. The van der Waals surface area contributed by atoms with Crippen LogP contribution in [0.2, 0.25) is 0 Å². The van der Waals surface area contributed by atoms with Gasteiger partial charge in [0.2, 0.25) is 5.91 Å². The van der Waals surface area contributed by atoms with Gasteiger partial charge in [-0.2, -0.15) is 0 Å². The number of carbonyl (C=O) groups is 2. The number of carboxylic acids is 1. The van der Waals surface area contributed by atoms with Crippen LogP contribution in [0.4, 0.5) is 0 Å². The second-order valence-corrected chi connectivity index (χ2v) is 6.95. The Bertz CT molecular complexity index is 638. The fourth-order valence-corrected chi connectivity index (χ4v) is 3.85. The quantitative estimate of drug-likeness (QED) is 0.848. The highest BCUT2D eigenvalue weighted by atomic mass is 16.5. The van der Waals surface area contributed by atoms with Gasteiger partial charge in [0.1, 0.15) is 6.10 Å². The Morgan fingerprint density at radius 1 is 1.20 bits per heavy atom. The van der Waals surface area contributed by atoms with Crippen LogP contribution < -0.4 is 5.32 Å². The summed E-state index contributed by atoms with van der Waals surface area (Å²) >= 11 is 0. The van der Waals surface area contributed by atoms with E-state index in [1.54, 1.807) is 0 Å². The third kappa shape index (κ3) is 3.85. The molecule has 1 amide bonds. The normalized spacial score (nSPS) is 25.5. The van der Waals surface area contributed by atoms with Gasteiger partial charge in [-0.1, -0.05) is 24.3 Å². The SMILES string of the molecule is Cc1ccccc1C1(CNC(=O)[C@@H]2CC[C@H](C(=O)O)O2)CCOCC1. The van der Waals surface area contributed by atoms with Crippen molar-refractivity contribution >= 4 is 11.9 Å². The van der Waals surface area contributed by atoms with E-state index in [0.29, 0.717) is 32.6 Å². The lowest BCUT2D eigenvalue weighted by Gasteiger charge is -2.39. The van der Waals surface area contributed by atoms with Crippen molar-refractivity contribution in [3.05, 3.63) is 35.4 Å². The van der Waals surface area contributed by atoms with Gasteiger partial charge in [-0.25, -0.2) is 4.79 Å². The van der Waals surface area contributed by atoms with Gasteiger partial charge in [-0.15, -0.1) is 0 Å². The van der Waals surface area contributed by atoms with Gasteiger partial charge in [0.15, 0.2) is 6.10 Å². The molecule has 2 heterocycles. The summed E-state index contributed by atoms with van der Waals surface area (Å²) in [6.45, 7) is 3.94. The van der Waals surface area contributed by atoms with Crippen LogP contribution in [0.3, 0.4) is 0 Å². The molecule has 6 heteroatoms. The van der Waals surface area contributed by atoms with Gasteiger partial charge in [-0.05, 0) is 43.7 Å². The number of aryl methyl sites for hydroxylation is 1. The summed E-state index contributed by atoms with van der Waals surface area (Å²) in [5, 5.41) is 12.0. The summed E-state index contributed by atoms with van der Waals surface area (Å²) in [5.41, 5.74) is 2.31. The molecule has 6 nitrogen and oxygen atoms in total. The molecule has 1 aromatic rings. The largest absolute Gasteiger partial charge is 0.479 e. The number of amides is 1. The fraction of sp³-hybridized carbons (Fsp3) is 0.579. The highest BCUT2D eigenvalue weighted by Gasteiger charge is 2.38. The number of rotatable bonds is 5. The van der Waals surface area contributed by atoms with Crippen molar-refractivity contribution in [3.8, 4) is 0 Å². The Morgan fingerprint density at radius 2 is 1.88 bits per heavy atom. The third-order valence-electron chi connectivity index (χ3n) is 5.35. The van der Waals surface area contributed by atoms with E-state index in [1.165, 1.54) is 11.1 Å². The number of aliphatic carboxylic acids is 1. The molecule has 2 aliphatic rings. The molecule has 2 atom stereocenters. The summed E-state index contributed by atoms with van der Waals surface area (Å²) in [5.74, 6) is -1.22. The molecule has 25 heavy (non-hydrogen) atoms. The Balaban J connectivity index is 1.69. The average Bonchev–Trinajstić information content (AvgIpc) is 3.11. The standard InChI is InChI=1S/C19H25NO5/c1-13-4-2-3-5-14(13)19(8-10-24-11-9-19)12-20-17(21)15-6-7-16(25-15)18(22)23/h2-5,15-16H,6-12H2,1H3,(H,20,21)(H,22,23)/t15-,16+/m0/s1. The second kappa shape index (κ2) is 7.54. The molecule has 3 rings (SSSR count). The van der Waals surface area contributed by atoms with Crippen molar-refractivity contribution < 1.29 is 24.2 Å². The summed E-state index contributed by atoms with van der Waals surface area (Å²) in [6.07, 6.45) is 0.982. The third-order valence-corrected chi connectivity index (χ3v) is 5.35. The molecule has 2 aliphatic heterocycles. The zero-order valence-corrected chi connectivity index (χ0v) is 14.5. The maximum Gasteiger partial charge on any atom is 0.332 e. The lowest BCUT2D eigenvalue weighted by Crippen LogP contribution is -2.47. The number of hydrogen-bond donors (Lipinski definition) is 2. The van der Waals surface area contributed by atoms with E-state index in [2.05, 4.69) is 24.4 Å². The summed E-state index contributed by atoms with van der Waals surface area (Å²) in [4.78, 5) is 23.4. The van der Waals surface area contributed by atoms with E-state index in [0.717, 1.165) is 12.8 Å². The number of carboxylic acid groups (broad SMARTS) is 1. The van der Waals surface area contributed by atoms with Gasteiger partial charge < -0.3 is 19.9 Å². The maximum atomic E-state index is 12.5. The van der Waals surface area contributed by atoms with E-state index in [9.17, 15) is 9.59 Å². The smallest absolute Gasteiger partial charge is 0.332 e. The van der Waals surface area contributed by atoms with Gasteiger partial charge in [0.05, 0.1) is 0 Å². The van der Waals surface area contributed by atoms with Crippen LogP contribution in [-0.2, 0) is 24.5 Å². The molecule has 0 unspecified atom stereocenters. The molecule has 1 aromatic carbocycles. The first-order chi connectivity index (χ1) is 12.0. The molecule has 0 saturated carbocycles. The van der Waals surface area contributed by atoms with Gasteiger partial charge >= 0.3 is 5.97 Å². The Hall–Kier alpha value is -1.92. The molecular formula is C19H25NO5. The van der Waals surface area contributed by atoms with E-state index in [4.69, 9.17) is 14.6 Å².